The number of fused-ring (bicyclic) bond motifs is 1. The lowest BCUT2D eigenvalue weighted by atomic mass is 9.91. The molecule has 1 saturated heterocycles. The Bertz CT molecular complexity index is 771. The van der Waals surface area contributed by atoms with Crippen LogP contribution in [0.15, 0.2) is 24.4 Å². The van der Waals surface area contributed by atoms with E-state index in [1.807, 2.05) is 43.8 Å². The molecule has 0 aliphatic carbocycles. The third kappa shape index (κ3) is 4.82. The van der Waals surface area contributed by atoms with Gasteiger partial charge in [0.15, 0.2) is 0 Å². The number of nitrogens with two attached hydrogens (primary N) is 1. The van der Waals surface area contributed by atoms with Gasteiger partial charge >= 0.3 is 0 Å². The van der Waals surface area contributed by atoms with Crippen molar-refractivity contribution in [2.24, 2.45) is 5.73 Å². The van der Waals surface area contributed by atoms with Crippen molar-refractivity contribution in [3.05, 3.63) is 30.0 Å². The number of piperidine rings is 1. The summed E-state index contributed by atoms with van der Waals surface area (Å²) >= 11 is 0. The third-order valence-electron chi connectivity index (χ3n) is 4.44. The molecule has 0 unspecified atom stereocenters. The van der Waals surface area contributed by atoms with Crippen LogP contribution in [0.3, 0.4) is 0 Å². The summed E-state index contributed by atoms with van der Waals surface area (Å²) in [5, 5.41) is 8.94. The summed E-state index contributed by atoms with van der Waals surface area (Å²) in [7, 11) is 0. The normalized spacial score (nSPS) is 16.5. The van der Waals surface area contributed by atoms with Crippen LogP contribution in [0.25, 0.3) is 10.9 Å². The SMILES string of the molecule is CC(C)(C)OC=O.CC1(n2cc3cccc(C(N)=O)c3n2)CCNCC1. The zero-order valence-corrected chi connectivity index (χ0v) is 15.9. The highest BCUT2D eigenvalue weighted by Gasteiger charge is 2.30. The van der Waals surface area contributed by atoms with Crippen LogP contribution in [0.1, 0.15) is 50.9 Å². The molecule has 1 aromatic heterocycles. The maximum absolute atomic E-state index is 11.4. The van der Waals surface area contributed by atoms with E-state index < -0.39 is 5.91 Å². The lowest BCUT2D eigenvalue weighted by Crippen LogP contribution is -2.42. The zero-order chi connectivity index (χ0) is 19.4. The second kappa shape index (κ2) is 7.86. The Kier molecular flexibility index (Phi) is 6.02. The first kappa shape index (κ1) is 19.9. The van der Waals surface area contributed by atoms with Crippen LogP contribution in [-0.4, -0.2) is 40.9 Å². The number of nitrogens with one attached hydrogen (secondary N) is 1. The predicted octanol–water partition coefficient (Wildman–Crippen LogP) is 2.19. The summed E-state index contributed by atoms with van der Waals surface area (Å²) in [6, 6.07) is 5.54. The fourth-order valence-electron chi connectivity index (χ4n) is 2.86. The highest BCUT2D eigenvalue weighted by molar-refractivity contribution is 6.04. The molecule has 0 radical (unpaired) electrons. The van der Waals surface area contributed by atoms with Crippen LogP contribution < -0.4 is 11.1 Å². The van der Waals surface area contributed by atoms with Crippen LogP contribution >= 0.6 is 0 Å². The van der Waals surface area contributed by atoms with Crippen molar-refractivity contribution in [2.45, 2.75) is 51.7 Å². The fraction of sp³-hybridized carbons (Fsp3) is 0.526. The Morgan fingerprint density at radius 2 is 2.00 bits per heavy atom. The molecule has 2 aromatic rings. The smallest absolute Gasteiger partial charge is 0.293 e. The van der Waals surface area contributed by atoms with Crippen LogP contribution in [-0.2, 0) is 15.1 Å². The minimum Gasteiger partial charge on any atom is -0.462 e. The van der Waals surface area contributed by atoms with Gasteiger partial charge < -0.3 is 15.8 Å². The number of benzene rings is 1. The van der Waals surface area contributed by atoms with E-state index in [1.54, 1.807) is 6.07 Å². The molecule has 1 fully saturated rings. The van der Waals surface area contributed by atoms with E-state index in [0.29, 0.717) is 17.6 Å². The van der Waals surface area contributed by atoms with Crippen LogP contribution in [0.5, 0.6) is 0 Å². The number of carbonyl (C=O) groups excluding carboxylic acids is 2. The molecular formula is C19H28N4O3. The number of aromatic nitrogens is 2. The van der Waals surface area contributed by atoms with E-state index in [1.165, 1.54) is 0 Å². The summed E-state index contributed by atoms with van der Waals surface area (Å²) in [5.41, 5.74) is 6.30. The Labute approximate surface area is 153 Å². The Morgan fingerprint density at radius 1 is 1.35 bits per heavy atom. The maximum atomic E-state index is 11.4. The number of carbonyl (C=O) groups is 2. The van der Waals surface area contributed by atoms with Gasteiger partial charge in [0, 0.05) is 11.6 Å². The van der Waals surface area contributed by atoms with Gasteiger partial charge in [0.1, 0.15) is 11.1 Å². The van der Waals surface area contributed by atoms with Gasteiger partial charge in [-0.05, 0) is 59.7 Å². The molecule has 0 bridgehead atoms. The molecule has 142 valence electrons. The number of amides is 1. The second-order valence-corrected chi connectivity index (χ2v) is 7.75. The van der Waals surface area contributed by atoms with Crippen molar-refractivity contribution in [3.8, 4) is 0 Å². The average Bonchev–Trinajstić information content (AvgIpc) is 2.99. The molecule has 7 heteroatoms. The molecule has 1 amide bonds. The van der Waals surface area contributed by atoms with Gasteiger partial charge in [0.2, 0.25) is 0 Å². The van der Waals surface area contributed by atoms with Gasteiger partial charge in [-0.1, -0.05) is 12.1 Å². The Hall–Kier alpha value is -2.41. The number of hydrogen-bond acceptors (Lipinski definition) is 5. The van der Waals surface area contributed by atoms with Crippen molar-refractivity contribution in [1.29, 1.82) is 0 Å². The van der Waals surface area contributed by atoms with Gasteiger partial charge in [0.05, 0.1) is 11.1 Å². The van der Waals surface area contributed by atoms with E-state index >= 15 is 0 Å². The van der Waals surface area contributed by atoms with Crippen molar-refractivity contribution in [1.82, 2.24) is 15.1 Å². The van der Waals surface area contributed by atoms with Gasteiger partial charge in [0.25, 0.3) is 12.4 Å². The quantitative estimate of drug-likeness (QED) is 0.818. The minimum absolute atomic E-state index is 0.0131. The first-order valence-electron chi connectivity index (χ1n) is 8.77. The molecule has 2 heterocycles. The lowest BCUT2D eigenvalue weighted by molar-refractivity contribution is -0.138. The Morgan fingerprint density at radius 3 is 2.50 bits per heavy atom. The standard InChI is InChI=1S/C14H18N4O.C5H10O2/c1-14(5-7-16-8-6-14)18-9-10-3-2-4-11(13(15)19)12(10)17-18;1-5(2,3)7-4-6/h2-4,9,16H,5-8H2,1H3,(H2,15,19);4H,1-3H3. The van der Waals surface area contributed by atoms with Crippen molar-refractivity contribution < 1.29 is 14.3 Å². The third-order valence-corrected chi connectivity index (χ3v) is 4.44. The molecule has 1 aromatic carbocycles. The molecule has 26 heavy (non-hydrogen) atoms. The summed E-state index contributed by atoms with van der Waals surface area (Å²) < 4.78 is 6.55. The molecule has 3 N–H and O–H groups in total. The number of primary amides is 1. The topological polar surface area (TPSA) is 99.2 Å². The van der Waals surface area contributed by atoms with E-state index in [2.05, 4.69) is 22.1 Å². The summed E-state index contributed by atoms with van der Waals surface area (Å²) in [5.74, 6) is -0.425. The second-order valence-electron chi connectivity index (χ2n) is 7.75. The van der Waals surface area contributed by atoms with Crippen LogP contribution in [0, 0.1) is 0 Å². The van der Waals surface area contributed by atoms with E-state index in [4.69, 9.17) is 5.73 Å². The fourth-order valence-corrected chi connectivity index (χ4v) is 2.86. The molecule has 7 nitrogen and oxygen atoms in total. The number of nitrogens with zero attached hydrogens (tertiary/aromatic N) is 2. The monoisotopic (exact) mass is 360 g/mol. The number of rotatable bonds is 3. The molecule has 1 aliphatic rings. The van der Waals surface area contributed by atoms with Crippen molar-refractivity contribution in [3.63, 3.8) is 0 Å². The summed E-state index contributed by atoms with van der Waals surface area (Å²) in [4.78, 5) is 21.0. The minimum atomic E-state index is -0.425. The molecule has 3 rings (SSSR count). The van der Waals surface area contributed by atoms with Gasteiger partial charge in [-0.3, -0.25) is 14.3 Å². The Balaban J connectivity index is 0.000000298. The molecule has 0 saturated carbocycles. The average molecular weight is 360 g/mol. The van der Waals surface area contributed by atoms with Crippen molar-refractivity contribution >= 4 is 23.3 Å². The van der Waals surface area contributed by atoms with Gasteiger partial charge in [-0.2, -0.15) is 5.10 Å². The summed E-state index contributed by atoms with van der Waals surface area (Å²) in [6.45, 7) is 10.1. The maximum Gasteiger partial charge on any atom is 0.293 e. The van der Waals surface area contributed by atoms with Gasteiger partial charge in [-0.25, -0.2) is 0 Å². The molecule has 0 spiro atoms. The highest BCUT2D eigenvalue weighted by atomic mass is 16.5. The first-order valence-corrected chi connectivity index (χ1v) is 8.77. The zero-order valence-electron chi connectivity index (χ0n) is 15.9. The lowest BCUT2D eigenvalue weighted by Gasteiger charge is -2.34. The van der Waals surface area contributed by atoms with Gasteiger partial charge in [-0.15, -0.1) is 0 Å². The van der Waals surface area contributed by atoms with Crippen LogP contribution in [0.2, 0.25) is 0 Å². The largest absolute Gasteiger partial charge is 0.462 e. The van der Waals surface area contributed by atoms with E-state index in [-0.39, 0.29) is 11.1 Å². The molecular weight excluding hydrogens is 332 g/mol. The molecule has 1 aliphatic heterocycles. The predicted molar refractivity (Wildman–Crippen MR) is 101 cm³/mol. The van der Waals surface area contributed by atoms with Crippen molar-refractivity contribution in [2.75, 3.05) is 13.1 Å². The van der Waals surface area contributed by atoms with E-state index in [9.17, 15) is 9.59 Å². The molecule has 0 atom stereocenters. The number of ether oxygens (including phenoxy) is 1. The van der Waals surface area contributed by atoms with Crippen LogP contribution in [0.4, 0.5) is 0 Å². The summed E-state index contributed by atoms with van der Waals surface area (Å²) in [6.07, 6.45) is 4.09. The highest BCUT2D eigenvalue weighted by Crippen LogP contribution is 2.28. The first-order chi connectivity index (χ1) is 12.2. The van der Waals surface area contributed by atoms with E-state index in [0.717, 1.165) is 31.3 Å². The number of hydrogen-bond donors (Lipinski definition) is 2.